The molecule has 4 nitrogen and oxygen atoms in total. The van der Waals surface area contributed by atoms with Crippen LogP contribution < -0.4 is 5.73 Å². The zero-order valence-corrected chi connectivity index (χ0v) is 12.3. The van der Waals surface area contributed by atoms with Gasteiger partial charge in [-0.05, 0) is 30.2 Å². The van der Waals surface area contributed by atoms with Crippen molar-refractivity contribution < 1.29 is 9.90 Å². The number of aromatic hydroxyl groups is 1. The Kier molecular flexibility index (Phi) is 4.29. The molecule has 0 aromatic heterocycles. The molecule has 2 rings (SSSR count). The summed E-state index contributed by atoms with van der Waals surface area (Å²) in [5, 5.41) is 9.47. The molecule has 0 fully saturated rings. The Hall–Kier alpha value is -2.33. The van der Waals surface area contributed by atoms with Crippen LogP contribution in [0.15, 0.2) is 54.6 Å². The Morgan fingerprint density at radius 1 is 1.19 bits per heavy atom. The molecule has 3 N–H and O–H groups in total. The van der Waals surface area contributed by atoms with Gasteiger partial charge in [0, 0.05) is 13.6 Å². The van der Waals surface area contributed by atoms with Crippen LogP contribution in [0.1, 0.15) is 18.1 Å². The van der Waals surface area contributed by atoms with Gasteiger partial charge in [-0.15, -0.1) is 0 Å². The van der Waals surface area contributed by atoms with Crippen LogP contribution in [-0.4, -0.2) is 23.0 Å². The van der Waals surface area contributed by atoms with Crippen LogP contribution in [0.2, 0.25) is 0 Å². The molecule has 0 saturated carbocycles. The highest BCUT2D eigenvalue weighted by Gasteiger charge is 2.32. The lowest BCUT2D eigenvalue weighted by Crippen LogP contribution is -2.49. The first-order valence-corrected chi connectivity index (χ1v) is 6.79. The Morgan fingerprint density at radius 2 is 1.86 bits per heavy atom. The van der Waals surface area contributed by atoms with Crippen LogP contribution in [0.5, 0.6) is 5.75 Å². The number of hydrogen-bond donors (Lipinski definition) is 2. The van der Waals surface area contributed by atoms with E-state index in [-0.39, 0.29) is 11.7 Å². The fourth-order valence-corrected chi connectivity index (χ4v) is 2.30. The topological polar surface area (TPSA) is 66.6 Å². The van der Waals surface area contributed by atoms with Gasteiger partial charge in [0.15, 0.2) is 0 Å². The van der Waals surface area contributed by atoms with E-state index in [0.717, 1.165) is 11.1 Å². The average molecular weight is 284 g/mol. The zero-order chi connectivity index (χ0) is 15.5. The van der Waals surface area contributed by atoms with E-state index in [0.29, 0.717) is 6.54 Å². The van der Waals surface area contributed by atoms with Gasteiger partial charge < -0.3 is 15.7 Å². The fourth-order valence-electron chi connectivity index (χ4n) is 2.30. The maximum absolute atomic E-state index is 12.6. The largest absolute Gasteiger partial charge is 0.508 e. The Labute approximate surface area is 124 Å². The molecular formula is C17H20N2O2. The van der Waals surface area contributed by atoms with E-state index in [1.165, 1.54) is 0 Å². The lowest BCUT2D eigenvalue weighted by molar-refractivity contribution is -0.136. The van der Waals surface area contributed by atoms with Crippen molar-refractivity contribution in [1.29, 1.82) is 0 Å². The summed E-state index contributed by atoms with van der Waals surface area (Å²) >= 11 is 0. The number of amides is 1. The molecule has 0 bridgehead atoms. The van der Waals surface area contributed by atoms with Crippen molar-refractivity contribution in [3.05, 3.63) is 65.7 Å². The number of benzene rings is 2. The first-order chi connectivity index (χ1) is 9.91. The third kappa shape index (κ3) is 3.41. The summed E-state index contributed by atoms with van der Waals surface area (Å²) in [5.74, 6) is 0.0176. The molecule has 0 radical (unpaired) electrons. The number of carbonyl (C=O) groups is 1. The van der Waals surface area contributed by atoms with Crippen molar-refractivity contribution in [2.45, 2.75) is 19.0 Å². The van der Waals surface area contributed by atoms with Crippen LogP contribution >= 0.6 is 0 Å². The minimum Gasteiger partial charge on any atom is -0.508 e. The lowest BCUT2D eigenvalue weighted by Gasteiger charge is -2.29. The summed E-state index contributed by atoms with van der Waals surface area (Å²) in [4.78, 5) is 14.2. The van der Waals surface area contributed by atoms with Crippen LogP contribution in [0.25, 0.3) is 0 Å². The van der Waals surface area contributed by atoms with Crippen LogP contribution in [-0.2, 0) is 16.9 Å². The van der Waals surface area contributed by atoms with Gasteiger partial charge in [-0.2, -0.15) is 0 Å². The molecule has 0 saturated heterocycles. The minimum atomic E-state index is -1.08. The molecular weight excluding hydrogens is 264 g/mol. The summed E-state index contributed by atoms with van der Waals surface area (Å²) in [5.41, 5.74) is 6.78. The second-order valence-corrected chi connectivity index (χ2v) is 5.40. The third-order valence-electron chi connectivity index (χ3n) is 3.49. The third-order valence-corrected chi connectivity index (χ3v) is 3.49. The van der Waals surface area contributed by atoms with E-state index < -0.39 is 5.54 Å². The summed E-state index contributed by atoms with van der Waals surface area (Å²) < 4.78 is 0. The Balaban J connectivity index is 2.15. The number of phenols is 1. The molecule has 1 atom stereocenters. The van der Waals surface area contributed by atoms with Crippen molar-refractivity contribution >= 4 is 5.91 Å². The van der Waals surface area contributed by atoms with Gasteiger partial charge in [-0.3, -0.25) is 4.79 Å². The highest BCUT2D eigenvalue weighted by molar-refractivity contribution is 5.86. The number of phenolic OH excluding ortho intramolecular Hbond substituents is 1. The van der Waals surface area contributed by atoms with Crippen LogP contribution in [0, 0.1) is 0 Å². The molecule has 21 heavy (non-hydrogen) atoms. The minimum absolute atomic E-state index is 0.169. The number of nitrogens with two attached hydrogens (primary N) is 1. The van der Waals surface area contributed by atoms with E-state index in [4.69, 9.17) is 5.73 Å². The standard InChI is InChI=1S/C17H20N2O2/c1-17(18,14-8-4-3-5-9-14)16(21)19(2)12-13-7-6-10-15(20)11-13/h3-11,20H,12,18H2,1-2H3. The highest BCUT2D eigenvalue weighted by atomic mass is 16.3. The zero-order valence-electron chi connectivity index (χ0n) is 12.3. The Bertz CT molecular complexity index is 624. The average Bonchev–Trinajstić information content (AvgIpc) is 2.47. The smallest absolute Gasteiger partial charge is 0.247 e. The van der Waals surface area contributed by atoms with Crippen LogP contribution in [0.3, 0.4) is 0 Å². The maximum atomic E-state index is 12.6. The van der Waals surface area contributed by atoms with Crippen molar-refractivity contribution in [2.24, 2.45) is 5.73 Å². The molecule has 110 valence electrons. The molecule has 4 heteroatoms. The molecule has 0 aliphatic carbocycles. The monoisotopic (exact) mass is 284 g/mol. The van der Waals surface area contributed by atoms with Gasteiger partial charge in [0.1, 0.15) is 11.3 Å². The SMILES string of the molecule is CN(Cc1cccc(O)c1)C(=O)C(C)(N)c1ccccc1. The van der Waals surface area contributed by atoms with Gasteiger partial charge in [0.2, 0.25) is 5.91 Å². The lowest BCUT2D eigenvalue weighted by atomic mass is 9.91. The second kappa shape index (κ2) is 5.97. The number of hydrogen-bond acceptors (Lipinski definition) is 3. The van der Waals surface area contributed by atoms with E-state index in [1.807, 2.05) is 36.4 Å². The van der Waals surface area contributed by atoms with Crippen molar-refractivity contribution in [3.63, 3.8) is 0 Å². The molecule has 1 amide bonds. The molecule has 1 unspecified atom stereocenters. The summed E-state index contributed by atoms with van der Waals surface area (Å²) in [6.45, 7) is 2.11. The van der Waals surface area contributed by atoms with Gasteiger partial charge in [-0.1, -0.05) is 42.5 Å². The molecule has 2 aromatic carbocycles. The Morgan fingerprint density at radius 3 is 2.48 bits per heavy atom. The molecule has 0 spiro atoms. The highest BCUT2D eigenvalue weighted by Crippen LogP contribution is 2.21. The van der Waals surface area contributed by atoms with Gasteiger partial charge >= 0.3 is 0 Å². The summed E-state index contributed by atoms with van der Waals surface area (Å²) in [6, 6.07) is 16.2. The van der Waals surface area contributed by atoms with Gasteiger partial charge in [0.25, 0.3) is 0 Å². The first kappa shape index (κ1) is 15.1. The van der Waals surface area contributed by atoms with E-state index in [1.54, 1.807) is 37.1 Å². The van der Waals surface area contributed by atoms with Crippen molar-refractivity contribution in [2.75, 3.05) is 7.05 Å². The molecule has 2 aromatic rings. The summed E-state index contributed by atoms with van der Waals surface area (Å²) in [7, 11) is 1.71. The van der Waals surface area contributed by atoms with Crippen LogP contribution in [0.4, 0.5) is 0 Å². The number of rotatable bonds is 4. The molecule has 0 aliphatic heterocycles. The molecule has 0 heterocycles. The van der Waals surface area contributed by atoms with Gasteiger partial charge in [-0.25, -0.2) is 0 Å². The first-order valence-electron chi connectivity index (χ1n) is 6.79. The normalized spacial score (nSPS) is 13.5. The fraction of sp³-hybridized carbons (Fsp3) is 0.235. The molecule has 0 aliphatic rings. The quantitative estimate of drug-likeness (QED) is 0.904. The van der Waals surface area contributed by atoms with E-state index >= 15 is 0 Å². The van der Waals surface area contributed by atoms with Crippen molar-refractivity contribution in [1.82, 2.24) is 4.90 Å². The second-order valence-electron chi connectivity index (χ2n) is 5.40. The van der Waals surface area contributed by atoms with Crippen molar-refractivity contribution in [3.8, 4) is 5.75 Å². The predicted octanol–water partition coefficient (Wildman–Crippen LogP) is 2.22. The summed E-state index contributed by atoms with van der Waals surface area (Å²) in [6.07, 6.45) is 0. The van der Waals surface area contributed by atoms with E-state index in [2.05, 4.69) is 0 Å². The maximum Gasteiger partial charge on any atom is 0.247 e. The number of likely N-dealkylation sites (N-methyl/N-ethyl adjacent to an activating group) is 1. The predicted molar refractivity (Wildman–Crippen MR) is 82.6 cm³/mol. The number of carbonyl (C=O) groups excluding carboxylic acids is 1. The van der Waals surface area contributed by atoms with E-state index in [9.17, 15) is 9.90 Å². The van der Waals surface area contributed by atoms with Gasteiger partial charge in [0.05, 0.1) is 0 Å². The number of nitrogens with zero attached hydrogens (tertiary/aromatic N) is 1.